The summed E-state index contributed by atoms with van der Waals surface area (Å²) in [5.41, 5.74) is 2.36. The molecule has 0 radical (unpaired) electrons. The summed E-state index contributed by atoms with van der Waals surface area (Å²) in [4.78, 5) is 16.7. The third-order valence-corrected chi connectivity index (χ3v) is 4.10. The van der Waals surface area contributed by atoms with Crippen LogP contribution in [0.1, 0.15) is 17.4 Å². The van der Waals surface area contributed by atoms with E-state index in [1.807, 2.05) is 25.1 Å². The average Bonchev–Trinajstić information content (AvgIpc) is 2.75. The van der Waals surface area contributed by atoms with Crippen molar-refractivity contribution in [1.82, 2.24) is 4.98 Å². The van der Waals surface area contributed by atoms with E-state index >= 15 is 0 Å². The Morgan fingerprint density at radius 2 is 1.69 bits per heavy atom. The molecule has 0 fully saturated rings. The molecule has 3 rings (SSSR count). The molecule has 2 aromatic carbocycles. The number of nitrogens with zero attached hydrogens (tertiary/aromatic N) is 1. The third kappa shape index (κ3) is 5.16. The van der Waals surface area contributed by atoms with E-state index in [2.05, 4.69) is 15.6 Å². The Kier molecular flexibility index (Phi) is 6.52. The highest BCUT2D eigenvalue weighted by atomic mass is 16.5. The van der Waals surface area contributed by atoms with Crippen LogP contribution in [0.5, 0.6) is 17.2 Å². The number of aromatic nitrogens is 1. The number of hydrogen-bond donors (Lipinski definition) is 2. The molecule has 0 saturated carbocycles. The van der Waals surface area contributed by atoms with Gasteiger partial charge < -0.3 is 24.8 Å². The van der Waals surface area contributed by atoms with Gasteiger partial charge in [0, 0.05) is 23.6 Å². The number of ether oxygens (including phenoxy) is 3. The van der Waals surface area contributed by atoms with Gasteiger partial charge in [0.2, 0.25) is 0 Å². The molecule has 1 heterocycles. The summed E-state index contributed by atoms with van der Waals surface area (Å²) in [6.45, 7) is 2.51. The number of hydrogen-bond acceptors (Lipinski definition) is 6. The van der Waals surface area contributed by atoms with Gasteiger partial charge in [-0.2, -0.15) is 0 Å². The van der Waals surface area contributed by atoms with E-state index < -0.39 is 0 Å². The summed E-state index contributed by atoms with van der Waals surface area (Å²) in [5, 5.41) is 6.07. The van der Waals surface area contributed by atoms with Crippen molar-refractivity contribution in [1.29, 1.82) is 0 Å². The van der Waals surface area contributed by atoms with Gasteiger partial charge in [0.05, 0.1) is 26.5 Å². The molecule has 7 heteroatoms. The summed E-state index contributed by atoms with van der Waals surface area (Å²) >= 11 is 0. The third-order valence-electron chi connectivity index (χ3n) is 4.10. The molecule has 29 heavy (non-hydrogen) atoms. The average molecular weight is 393 g/mol. The predicted molar refractivity (Wildman–Crippen MR) is 113 cm³/mol. The van der Waals surface area contributed by atoms with Gasteiger partial charge in [-0.1, -0.05) is 0 Å². The van der Waals surface area contributed by atoms with E-state index in [0.29, 0.717) is 29.5 Å². The number of pyridine rings is 1. The highest BCUT2D eigenvalue weighted by Crippen LogP contribution is 2.31. The van der Waals surface area contributed by atoms with E-state index in [4.69, 9.17) is 14.2 Å². The first kappa shape index (κ1) is 20.0. The second-order valence-corrected chi connectivity index (χ2v) is 6.03. The standard InChI is InChI=1S/C22H23N3O4/c1-4-29-17-7-5-15(6-8-17)25-22(26)20-13-16(11-12-23-20)24-19-14-18(27-2)9-10-21(19)28-3/h5-14H,4H2,1-3H3,(H,23,24)(H,25,26). The highest BCUT2D eigenvalue weighted by molar-refractivity contribution is 6.03. The molecular weight excluding hydrogens is 370 g/mol. The predicted octanol–water partition coefficient (Wildman–Crippen LogP) is 4.49. The minimum Gasteiger partial charge on any atom is -0.497 e. The van der Waals surface area contributed by atoms with Crippen LogP contribution in [0.25, 0.3) is 0 Å². The first-order valence-electron chi connectivity index (χ1n) is 9.12. The van der Waals surface area contributed by atoms with Crippen LogP contribution >= 0.6 is 0 Å². The Morgan fingerprint density at radius 1 is 0.931 bits per heavy atom. The minimum atomic E-state index is -0.310. The SMILES string of the molecule is CCOc1ccc(NC(=O)c2cc(Nc3cc(OC)ccc3OC)ccn2)cc1. The number of methoxy groups -OCH3 is 2. The van der Waals surface area contributed by atoms with E-state index in [9.17, 15) is 4.79 Å². The van der Waals surface area contributed by atoms with Crippen LogP contribution < -0.4 is 24.8 Å². The van der Waals surface area contributed by atoms with Gasteiger partial charge in [0.25, 0.3) is 5.91 Å². The summed E-state index contributed by atoms with van der Waals surface area (Å²) in [5.74, 6) is 1.79. The molecule has 0 bridgehead atoms. The fourth-order valence-corrected chi connectivity index (χ4v) is 2.70. The molecule has 0 atom stereocenters. The molecule has 0 aliphatic heterocycles. The molecule has 7 nitrogen and oxygen atoms in total. The summed E-state index contributed by atoms with van der Waals surface area (Å²) in [6.07, 6.45) is 1.57. The Bertz CT molecular complexity index is 974. The van der Waals surface area contributed by atoms with Crippen LogP contribution in [-0.2, 0) is 0 Å². The zero-order valence-corrected chi connectivity index (χ0v) is 16.6. The quantitative estimate of drug-likeness (QED) is 0.587. The van der Waals surface area contributed by atoms with Gasteiger partial charge in [-0.3, -0.25) is 9.78 Å². The Hall–Kier alpha value is -3.74. The van der Waals surface area contributed by atoms with Gasteiger partial charge in [0.15, 0.2) is 0 Å². The fraction of sp³-hybridized carbons (Fsp3) is 0.182. The largest absolute Gasteiger partial charge is 0.497 e. The van der Waals surface area contributed by atoms with Gasteiger partial charge >= 0.3 is 0 Å². The molecular formula is C22H23N3O4. The van der Waals surface area contributed by atoms with Gasteiger partial charge in [0.1, 0.15) is 22.9 Å². The van der Waals surface area contributed by atoms with Gasteiger partial charge in [-0.25, -0.2) is 0 Å². The Labute approximate surface area is 169 Å². The van der Waals surface area contributed by atoms with Crippen molar-refractivity contribution in [3.8, 4) is 17.2 Å². The van der Waals surface area contributed by atoms with Crippen molar-refractivity contribution >= 4 is 23.0 Å². The second kappa shape index (κ2) is 9.45. The zero-order chi connectivity index (χ0) is 20.6. The Balaban J connectivity index is 1.74. The lowest BCUT2D eigenvalue weighted by Crippen LogP contribution is -2.13. The summed E-state index contributed by atoms with van der Waals surface area (Å²) < 4.78 is 16.0. The number of benzene rings is 2. The zero-order valence-electron chi connectivity index (χ0n) is 16.6. The van der Waals surface area contributed by atoms with Crippen molar-refractivity contribution in [3.05, 3.63) is 66.5 Å². The number of amides is 1. The number of rotatable bonds is 8. The maximum absolute atomic E-state index is 12.6. The molecule has 0 spiro atoms. The molecule has 0 saturated heterocycles. The highest BCUT2D eigenvalue weighted by Gasteiger charge is 2.11. The lowest BCUT2D eigenvalue weighted by atomic mass is 10.2. The first-order chi connectivity index (χ1) is 14.1. The van der Waals surface area contributed by atoms with Gasteiger partial charge in [-0.05, 0) is 55.5 Å². The fourth-order valence-electron chi connectivity index (χ4n) is 2.70. The normalized spacial score (nSPS) is 10.2. The monoisotopic (exact) mass is 393 g/mol. The molecule has 3 aromatic rings. The van der Waals surface area contributed by atoms with Crippen LogP contribution in [0.2, 0.25) is 0 Å². The van der Waals surface area contributed by atoms with Crippen molar-refractivity contribution < 1.29 is 19.0 Å². The maximum Gasteiger partial charge on any atom is 0.274 e. The summed E-state index contributed by atoms with van der Waals surface area (Å²) in [7, 11) is 3.19. The number of anilines is 3. The topological polar surface area (TPSA) is 81.7 Å². The molecule has 2 N–H and O–H groups in total. The van der Waals surface area contributed by atoms with Crippen LogP contribution in [-0.4, -0.2) is 31.7 Å². The molecule has 1 aromatic heterocycles. The smallest absolute Gasteiger partial charge is 0.274 e. The maximum atomic E-state index is 12.6. The van der Waals surface area contributed by atoms with E-state index in [-0.39, 0.29) is 11.6 Å². The van der Waals surface area contributed by atoms with E-state index in [1.54, 1.807) is 56.8 Å². The molecule has 0 aliphatic carbocycles. The van der Waals surface area contributed by atoms with Crippen LogP contribution in [0, 0.1) is 0 Å². The van der Waals surface area contributed by atoms with E-state index in [1.165, 1.54) is 0 Å². The van der Waals surface area contributed by atoms with Crippen molar-refractivity contribution in [2.75, 3.05) is 31.5 Å². The molecule has 150 valence electrons. The van der Waals surface area contributed by atoms with E-state index in [0.717, 1.165) is 11.4 Å². The molecule has 0 aliphatic rings. The first-order valence-corrected chi connectivity index (χ1v) is 9.12. The molecule has 1 amide bonds. The van der Waals surface area contributed by atoms with Crippen molar-refractivity contribution in [3.63, 3.8) is 0 Å². The lowest BCUT2D eigenvalue weighted by Gasteiger charge is -2.13. The molecule has 0 unspecified atom stereocenters. The van der Waals surface area contributed by atoms with Crippen molar-refractivity contribution in [2.45, 2.75) is 6.92 Å². The number of carbonyl (C=O) groups excluding carboxylic acids is 1. The van der Waals surface area contributed by atoms with Crippen LogP contribution in [0.3, 0.4) is 0 Å². The number of carbonyl (C=O) groups is 1. The minimum absolute atomic E-state index is 0.283. The van der Waals surface area contributed by atoms with Crippen molar-refractivity contribution in [2.24, 2.45) is 0 Å². The second-order valence-electron chi connectivity index (χ2n) is 6.03. The summed E-state index contributed by atoms with van der Waals surface area (Å²) in [6, 6.07) is 16.1. The lowest BCUT2D eigenvalue weighted by molar-refractivity contribution is 0.102. The van der Waals surface area contributed by atoms with Crippen LogP contribution in [0.15, 0.2) is 60.8 Å². The number of nitrogens with one attached hydrogen (secondary N) is 2. The van der Waals surface area contributed by atoms with Gasteiger partial charge in [-0.15, -0.1) is 0 Å². The Morgan fingerprint density at radius 3 is 2.38 bits per heavy atom. The van der Waals surface area contributed by atoms with Crippen LogP contribution in [0.4, 0.5) is 17.1 Å².